The molecule has 5 heteroatoms. The minimum Gasteiger partial charge on any atom is -0.497 e. The third kappa shape index (κ3) is 3.82. The van der Waals surface area contributed by atoms with Crippen molar-refractivity contribution in [1.29, 1.82) is 0 Å². The molecule has 0 saturated heterocycles. The number of hydrogen-bond acceptors (Lipinski definition) is 4. The molecule has 4 rings (SSSR count). The summed E-state index contributed by atoms with van der Waals surface area (Å²) in [5, 5.41) is 0.802. The van der Waals surface area contributed by atoms with Gasteiger partial charge < -0.3 is 9.47 Å². The zero-order valence-corrected chi connectivity index (χ0v) is 17.7. The zero-order valence-electron chi connectivity index (χ0n) is 17.7. The summed E-state index contributed by atoms with van der Waals surface area (Å²) in [5.41, 5.74) is 4.91. The second kappa shape index (κ2) is 8.48. The average Bonchev–Trinajstić information content (AvgIpc) is 3.09. The van der Waals surface area contributed by atoms with Crippen LogP contribution in [0.1, 0.15) is 21.6 Å². The molecule has 0 saturated carbocycles. The summed E-state index contributed by atoms with van der Waals surface area (Å²) in [6, 6.07) is 23.1. The van der Waals surface area contributed by atoms with Gasteiger partial charge in [0.15, 0.2) is 0 Å². The summed E-state index contributed by atoms with van der Waals surface area (Å²) in [7, 11) is 2.95. The van der Waals surface area contributed by atoms with Crippen molar-refractivity contribution >= 4 is 22.8 Å². The van der Waals surface area contributed by atoms with Gasteiger partial charge >= 0.3 is 5.97 Å². The topological polar surface area (TPSA) is 57.5 Å². The Morgan fingerprint density at radius 2 is 1.55 bits per heavy atom. The van der Waals surface area contributed by atoms with Crippen molar-refractivity contribution in [3.05, 3.63) is 89.6 Å². The maximum absolute atomic E-state index is 13.5. The van der Waals surface area contributed by atoms with E-state index in [1.54, 1.807) is 11.7 Å². The van der Waals surface area contributed by atoms with Gasteiger partial charge in [-0.1, -0.05) is 42.5 Å². The lowest BCUT2D eigenvalue weighted by Crippen LogP contribution is -2.14. The lowest BCUT2D eigenvalue weighted by atomic mass is 10.0. The molecule has 156 valence electrons. The van der Waals surface area contributed by atoms with Crippen molar-refractivity contribution in [2.45, 2.75) is 13.3 Å². The smallest absolute Gasteiger partial charge is 0.310 e. The lowest BCUT2D eigenvalue weighted by molar-refractivity contribution is -0.139. The van der Waals surface area contributed by atoms with Crippen LogP contribution in [0.3, 0.4) is 0 Å². The second-order valence-corrected chi connectivity index (χ2v) is 7.28. The summed E-state index contributed by atoms with van der Waals surface area (Å²) < 4.78 is 11.9. The Labute approximate surface area is 180 Å². The molecule has 0 bridgehead atoms. The molecular weight excluding hydrogens is 390 g/mol. The van der Waals surface area contributed by atoms with Crippen molar-refractivity contribution in [2.24, 2.45) is 0 Å². The third-order valence-electron chi connectivity index (χ3n) is 5.53. The number of ether oxygens (including phenoxy) is 2. The van der Waals surface area contributed by atoms with Gasteiger partial charge in [-0.2, -0.15) is 0 Å². The van der Waals surface area contributed by atoms with Gasteiger partial charge in [-0.05, 0) is 53.9 Å². The molecule has 4 aromatic rings. The highest BCUT2D eigenvalue weighted by Gasteiger charge is 2.22. The number of esters is 1. The van der Waals surface area contributed by atoms with Gasteiger partial charge in [0.05, 0.1) is 26.2 Å². The maximum atomic E-state index is 13.5. The van der Waals surface area contributed by atoms with E-state index in [-0.39, 0.29) is 18.3 Å². The number of nitrogens with zero attached hydrogens (tertiary/aromatic N) is 1. The zero-order chi connectivity index (χ0) is 22.0. The second-order valence-electron chi connectivity index (χ2n) is 7.28. The number of benzene rings is 3. The molecule has 0 amide bonds. The predicted octanol–water partition coefficient (Wildman–Crippen LogP) is 5.03. The Balaban J connectivity index is 1.79. The van der Waals surface area contributed by atoms with Crippen molar-refractivity contribution in [3.63, 3.8) is 0 Å². The number of rotatable bonds is 5. The first-order valence-corrected chi connectivity index (χ1v) is 9.98. The highest BCUT2D eigenvalue weighted by molar-refractivity contribution is 6.05. The number of carbonyl (C=O) groups is 2. The number of methoxy groups -OCH3 is 2. The van der Waals surface area contributed by atoms with Crippen LogP contribution in [0.5, 0.6) is 5.75 Å². The summed E-state index contributed by atoms with van der Waals surface area (Å²) >= 11 is 0. The standard InChI is InChI=1S/C26H23NO4/c1-17-22(16-25(28)31-3)23-15-21(30-2)13-14-24(23)27(17)26(29)20-11-9-19(10-12-20)18-7-5-4-6-8-18/h4-15H,16H2,1-3H3. The van der Waals surface area contributed by atoms with Crippen LogP contribution in [0, 0.1) is 6.92 Å². The van der Waals surface area contributed by atoms with Crippen LogP contribution >= 0.6 is 0 Å². The van der Waals surface area contributed by atoms with E-state index in [0.29, 0.717) is 17.0 Å². The Kier molecular flexibility index (Phi) is 5.58. The summed E-state index contributed by atoms with van der Waals surface area (Å²) in [6.45, 7) is 1.85. The molecule has 0 unspecified atom stereocenters. The molecule has 0 fully saturated rings. The molecule has 0 aliphatic heterocycles. The Hall–Kier alpha value is -3.86. The minimum atomic E-state index is -0.357. The Morgan fingerprint density at radius 1 is 0.871 bits per heavy atom. The monoisotopic (exact) mass is 413 g/mol. The first kappa shape index (κ1) is 20.4. The van der Waals surface area contributed by atoms with Crippen LogP contribution in [0.2, 0.25) is 0 Å². The van der Waals surface area contributed by atoms with Gasteiger partial charge in [-0.3, -0.25) is 14.2 Å². The van der Waals surface area contributed by atoms with Crippen LogP contribution in [-0.2, 0) is 16.0 Å². The first-order chi connectivity index (χ1) is 15.0. The van der Waals surface area contributed by atoms with Crippen LogP contribution in [-0.4, -0.2) is 30.7 Å². The van der Waals surface area contributed by atoms with Gasteiger partial charge in [0.25, 0.3) is 5.91 Å². The van der Waals surface area contributed by atoms with E-state index in [0.717, 1.165) is 27.6 Å². The maximum Gasteiger partial charge on any atom is 0.310 e. The fourth-order valence-electron chi connectivity index (χ4n) is 3.86. The highest BCUT2D eigenvalue weighted by atomic mass is 16.5. The van der Waals surface area contributed by atoms with Crippen molar-refractivity contribution < 1.29 is 19.1 Å². The van der Waals surface area contributed by atoms with E-state index < -0.39 is 0 Å². The molecule has 3 aromatic carbocycles. The van der Waals surface area contributed by atoms with Gasteiger partial charge in [-0.25, -0.2) is 0 Å². The fraction of sp³-hybridized carbons (Fsp3) is 0.154. The molecule has 1 aromatic heterocycles. The summed E-state index contributed by atoms with van der Waals surface area (Å²) in [4.78, 5) is 25.5. The number of carbonyl (C=O) groups excluding carboxylic acids is 2. The fourth-order valence-corrected chi connectivity index (χ4v) is 3.86. The van der Waals surface area contributed by atoms with Crippen molar-refractivity contribution in [1.82, 2.24) is 4.57 Å². The molecule has 0 aliphatic rings. The van der Waals surface area contributed by atoms with E-state index >= 15 is 0 Å². The predicted molar refractivity (Wildman–Crippen MR) is 121 cm³/mol. The number of hydrogen-bond donors (Lipinski definition) is 0. The third-order valence-corrected chi connectivity index (χ3v) is 5.53. The molecule has 5 nitrogen and oxygen atoms in total. The van der Waals surface area contributed by atoms with Crippen molar-refractivity contribution in [3.8, 4) is 16.9 Å². The Morgan fingerprint density at radius 3 is 2.19 bits per heavy atom. The lowest BCUT2D eigenvalue weighted by Gasteiger charge is -2.09. The number of aromatic nitrogens is 1. The number of fused-ring (bicyclic) bond motifs is 1. The average molecular weight is 413 g/mol. The largest absolute Gasteiger partial charge is 0.497 e. The van der Waals surface area contributed by atoms with Crippen LogP contribution in [0.15, 0.2) is 72.8 Å². The quantitative estimate of drug-likeness (QED) is 0.431. The van der Waals surface area contributed by atoms with Gasteiger partial charge in [0.2, 0.25) is 0 Å². The normalized spacial score (nSPS) is 10.8. The SMILES string of the molecule is COC(=O)Cc1c(C)n(C(=O)c2ccc(-c3ccccc3)cc2)c2ccc(OC)cc12. The molecule has 0 spiro atoms. The van der Waals surface area contributed by atoms with E-state index in [9.17, 15) is 9.59 Å². The molecule has 31 heavy (non-hydrogen) atoms. The van der Waals surface area contributed by atoms with Gasteiger partial charge in [0.1, 0.15) is 5.75 Å². The summed E-state index contributed by atoms with van der Waals surface area (Å²) in [5.74, 6) is 0.156. The van der Waals surface area contributed by atoms with Gasteiger partial charge in [-0.15, -0.1) is 0 Å². The van der Waals surface area contributed by atoms with Crippen LogP contribution < -0.4 is 4.74 Å². The first-order valence-electron chi connectivity index (χ1n) is 9.98. The van der Waals surface area contributed by atoms with Gasteiger partial charge in [0, 0.05) is 16.6 Å². The summed E-state index contributed by atoms with van der Waals surface area (Å²) in [6.07, 6.45) is 0.0826. The van der Waals surface area contributed by atoms with Crippen molar-refractivity contribution in [2.75, 3.05) is 14.2 Å². The highest BCUT2D eigenvalue weighted by Crippen LogP contribution is 2.31. The Bertz CT molecular complexity index is 1250. The minimum absolute atomic E-state index is 0.0826. The molecule has 0 aliphatic carbocycles. The van der Waals surface area contributed by atoms with E-state index in [2.05, 4.69) is 0 Å². The van der Waals surface area contributed by atoms with Crippen LogP contribution in [0.25, 0.3) is 22.0 Å². The molecule has 0 N–H and O–H groups in total. The van der Waals surface area contributed by atoms with E-state index in [4.69, 9.17) is 9.47 Å². The molecule has 0 atom stereocenters. The van der Waals surface area contributed by atoms with E-state index in [1.165, 1.54) is 7.11 Å². The molecular formula is C26H23NO4. The molecule has 0 radical (unpaired) electrons. The molecule has 1 heterocycles. The van der Waals surface area contributed by atoms with E-state index in [1.807, 2.05) is 79.7 Å². The van der Waals surface area contributed by atoms with Crippen LogP contribution in [0.4, 0.5) is 0 Å².